The van der Waals surface area contributed by atoms with Crippen LogP contribution in [0.15, 0.2) is 0 Å². The molecule has 1 aromatic heterocycles. The van der Waals surface area contributed by atoms with Gasteiger partial charge in [0.1, 0.15) is 5.82 Å². The summed E-state index contributed by atoms with van der Waals surface area (Å²) < 4.78 is 0. The summed E-state index contributed by atoms with van der Waals surface area (Å²) in [4.78, 5) is 18.5. The Kier molecular flexibility index (Phi) is 3.65. The van der Waals surface area contributed by atoms with E-state index >= 15 is 0 Å². The number of carbonyl (C=O) groups is 1. The van der Waals surface area contributed by atoms with Crippen molar-refractivity contribution in [1.29, 1.82) is 0 Å². The maximum Gasteiger partial charge on any atom is 0.230 e. The number of aromatic nitrogens is 3. The second-order valence-corrected chi connectivity index (χ2v) is 5.06. The Morgan fingerprint density at radius 1 is 1.56 bits per heavy atom. The third kappa shape index (κ3) is 2.38. The summed E-state index contributed by atoms with van der Waals surface area (Å²) in [5.74, 6) is 1.64. The lowest BCUT2D eigenvalue weighted by Gasteiger charge is -2.30. The van der Waals surface area contributed by atoms with Gasteiger partial charge in [0.2, 0.25) is 5.91 Å². The Morgan fingerprint density at radius 3 is 2.83 bits per heavy atom. The van der Waals surface area contributed by atoms with Gasteiger partial charge in [0.25, 0.3) is 0 Å². The molecular formula is C12H21N5O. The summed E-state index contributed by atoms with van der Waals surface area (Å²) in [5, 5.41) is 10.1. The summed E-state index contributed by atoms with van der Waals surface area (Å²) in [5.41, 5.74) is -0.236. The maximum atomic E-state index is 12.5. The molecule has 0 spiro atoms. The molecular weight excluding hydrogens is 230 g/mol. The highest BCUT2D eigenvalue weighted by atomic mass is 16.2. The SMILES string of the molecule is CCC1(C(=O)N(C)Cc2n[nH]c(C)n2)CCNC1. The molecule has 1 aliphatic rings. The molecule has 2 N–H and O–H groups in total. The molecule has 0 saturated carbocycles. The van der Waals surface area contributed by atoms with Crippen molar-refractivity contribution in [1.82, 2.24) is 25.4 Å². The van der Waals surface area contributed by atoms with Gasteiger partial charge in [0.15, 0.2) is 5.82 Å². The van der Waals surface area contributed by atoms with Gasteiger partial charge in [-0.1, -0.05) is 6.92 Å². The molecule has 2 heterocycles. The zero-order chi connectivity index (χ0) is 13.2. The predicted molar refractivity (Wildman–Crippen MR) is 67.8 cm³/mol. The minimum absolute atomic E-state index is 0.192. The number of hydrogen-bond acceptors (Lipinski definition) is 4. The molecule has 6 heteroatoms. The van der Waals surface area contributed by atoms with Crippen LogP contribution in [0, 0.1) is 12.3 Å². The molecule has 2 rings (SSSR count). The van der Waals surface area contributed by atoms with E-state index in [-0.39, 0.29) is 11.3 Å². The van der Waals surface area contributed by atoms with Gasteiger partial charge in [-0.05, 0) is 26.3 Å². The van der Waals surface area contributed by atoms with Gasteiger partial charge in [-0.3, -0.25) is 9.89 Å². The van der Waals surface area contributed by atoms with Gasteiger partial charge in [-0.15, -0.1) is 0 Å². The van der Waals surface area contributed by atoms with Crippen LogP contribution in [0.3, 0.4) is 0 Å². The minimum atomic E-state index is -0.236. The summed E-state index contributed by atoms with van der Waals surface area (Å²) >= 11 is 0. The zero-order valence-electron chi connectivity index (χ0n) is 11.3. The van der Waals surface area contributed by atoms with E-state index in [0.29, 0.717) is 12.4 Å². The highest BCUT2D eigenvalue weighted by molar-refractivity contribution is 5.83. The van der Waals surface area contributed by atoms with Gasteiger partial charge >= 0.3 is 0 Å². The topological polar surface area (TPSA) is 73.9 Å². The van der Waals surface area contributed by atoms with Crippen LogP contribution in [0.2, 0.25) is 0 Å². The molecule has 18 heavy (non-hydrogen) atoms. The molecule has 1 aliphatic heterocycles. The quantitative estimate of drug-likeness (QED) is 0.815. The lowest BCUT2D eigenvalue weighted by Crippen LogP contribution is -2.43. The van der Waals surface area contributed by atoms with Crippen LogP contribution in [-0.2, 0) is 11.3 Å². The average Bonchev–Trinajstić information content (AvgIpc) is 2.98. The number of hydrogen-bond donors (Lipinski definition) is 2. The number of rotatable bonds is 4. The number of carbonyl (C=O) groups excluding carboxylic acids is 1. The van der Waals surface area contributed by atoms with E-state index < -0.39 is 0 Å². The fourth-order valence-corrected chi connectivity index (χ4v) is 2.53. The summed E-state index contributed by atoms with van der Waals surface area (Å²) in [6.07, 6.45) is 1.79. The van der Waals surface area contributed by atoms with Crippen molar-refractivity contribution in [2.24, 2.45) is 5.41 Å². The minimum Gasteiger partial charge on any atom is -0.338 e. The predicted octanol–water partition coefficient (Wildman–Crippen LogP) is 0.461. The maximum absolute atomic E-state index is 12.5. The van der Waals surface area contributed by atoms with E-state index in [2.05, 4.69) is 27.4 Å². The average molecular weight is 251 g/mol. The molecule has 1 aromatic rings. The highest BCUT2D eigenvalue weighted by Crippen LogP contribution is 2.31. The number of aryl methyl sites for hydroxylation is 1. The van der Waals surface area contributed by atoms with E-state index in [1.54, 1.807) is 4.90 Å². The Hall–Kier alpha value is -1.43. The van der Waals surface area contributed by atoms with Crippen LogP contribution < -0.4 is 5.32 Å². The van der Waals surface area contributed by atoms with E-state index in [0.717, 1.165) is 31.8 Å². The van der Waals surface area contributed by atoms with Crippen LogP contribution in [-0.4, -0.2) is 46.1 Å². The van der Waals surface area contributed by atoms with Gasteiger partial charge < -0.3 is 10.2 Å². The largest absolute Gasteiger partial charge is 0.338 e. The van der Waals surface area contributed by atoms with Crippen molar-refractivity contribution in [2.45, 2.75) is 33.2 Å². The monoisotopic (exact) mass is 251 g/mol. The Labute approximate surface area is 107 Å². The molecule has 100 valence electrons. The first-order chi connectivity index (χ1) is 8.57. The first-order valence-electron chi connectivity index (χ1n) is 6.41. The Morgan fingerprint density at radius 2 is 2.33 bits per heavy atom. The Balaban J connectivity index is 2.04. The molecule has 1 atom stereocenters. The van der Waals surface area contributed by atoms with Crippen molar-refractivity contribution < 1.29 is 4.79 Å². The third-order valence-corrected chi connectivity index (χ3v) is 3.74. The first kappa shape index (κ1) is 13.0. The van der Waals surface area contributed by atoms with Gasteiger partial charge in [-0.2, -0.15) is 5.10 Å². The van der Waals surface area contributed by atoms with E-state index in [1.807, 2.05) is 14.0 Å². The van der Waals surface area contributed by atoms with E-state index in [4.69, 9.17) is 0 Å². The number of amides is 1. The molecule has 0 aromatic carbocycles. The fourth-order valence-electron chi connectivity index (χ4n) is 2.53. The molecule has 1 saturated heterocycles. The lowest BCUT2D eigenvalue weighted by atomic mass is 9.83. The van der Waals surface area contributed by atoms with Gasteiger partial charge in [0.05, 0.1) is 12.0 Å². The normalized spacial score (nSPS) is 23.3. The molecule has 6 nitrogen and oxygen atoms in total. The van der Waals surface area contributed by atoms with Crippen LogP contribution in [0.25, 0.3) is 0 Å². The van der Waals surface area contributed by atoms with Crippen molar-refractivity contribution in [3.05, 3.63) is 11.6 Å². The van der Waals surface area contributed by atoms with Crippen LogP contribution in [0.4, 0.5) is 0 Å². The van der Waals surface area contributed by atoms with Crippen LogP contribution in [0.5, 0.6) is 0 Å². The van der Waals surface area contributed by atoms with Gasteiger partial charge in [-0.25, -0.2) is 4.98 Å². The first-order valence-corrected chi connectivity index (χ1v) is 6.41. The van der Waals surface area contributed by atoms with Crippen LogP contribution >= 0.6 is 0 Å². The summed E-state index contributed by atoms with van der Waals surface area (Å²) in [7, 11) is 1.82. The standard InChI is InChI=1S/C12H21N5O/c1-4-12(5-6-13-8-12)11(18)17(3)7-10-14-9(2)15-16-10/h13H,4-8H2,1-3H3,(H,14,15,16). The molecule has 1 unspecified atom stereocenters. The number of nitrogens with one attached hydrogen (secondary N) is 2. The summed E-state index contributed by atoms with van der Waals surface area (Å²) in [6, 6.07) is 0. The van der Waals surface area contributed by atoms with Gasteiger partial charge in [0, 0.05) is 13.6 Å². The number of H-pyrrole nitrogens is 1. The van der Waals surface area contributed by atoms with E-state index in [9.17, 15) is 4.79 Å². The Bertz CT molecular complexity index is 422. The molecule has 0 aliphatic carbocycles. The summed E-state index contributed by atoms with van der Waals surface area (Å²) in [6.45, 7) is 6.10. The van der Waals surface area contributed by atoms with Crippen LogP contribution in [0.1, 0.15) is 31.4 Å². The number of aromatic amines is 1. The van der Waals surface area contributed by atoms with E-state index in [1.165, 1.54) is 0 Å². The lowest BCUT2D eigenvalue weighted by molar-refractivity contribution is -0.140. The zero-order valence-corrected chi connectivity index (χ0v) is 11.3. The molecule has 0 radical (unpaired) electrons. The molecule has 0 bridgehead atoms. The van der Waals surface area contributed by atoms with Crippen molar-refractivity contribution >= 4 is 5.91 Å². The second kappa shape index (κ2) is 5.06. The van der Waals surface area contributed by atoms with Crippen molar-refractivity contribution in [3.63, 3.8) is 0 Å². The van der Waals surface area contributed by atoms with Crippen molar-refractivity contribution in [2.75, 3.05) is 20.1 Å². The molecule has 1 fully saturated rings. The van der Waals surface area contributed by atoms with Crippen molar-refractivity contribution in [3.8, 4) is 0 Å². The second-order valence-electron chi connectivity index (χ2n) is 5.06. The fraction of sp³-hybridized carbons (Fsp3) is 0.750. The number of nitrogens with zero attached hydrogens (tertiary/aromatic N) is 3. The highest BCUT2D eigenvalue weighted by Gasteiger charge is 2.41. The molecule has 1 amide bonds. The third-order valence-electron chi connectivity index (χ3n) is 3.74. The smallest absolute Gasteiger partial charge is 0.230 e.